The predicted octanol–water partition coefficient (Wildman–Crippen LogP) is 2.07. The summed E-state index contributed by atoms with van der Waals surface area (Å²) in [7, 11) is 3.49. The number of nitrogens with zero attached hydrogens (tertiary/aromatic N) is 2. The average Bonchev–Trinajstić information content (AvgIpc) is 2.39. The second-order valence-electron chi connectivity index (χ2n) is 5.01. The lowest BCUT2D eigenvalue weighted by atomic mass is 9.78. The van der Waals surface area contributed by atoms with E-state index in [0.29, 0.717) is 13.0 Å². The van der Waals surface area contributed by atoms with Crippen LogP contribution in [0.5, 0.6) is 0 Å². The van der Waals surface area contributed by atoms with Crippen LogP contribution in [-0.2, 0) is 9.53 Å². The minimum Gasteiger partial charge on any atom is -0.441 e. The summed E-state index contributed by atoms with van der Waals surface area (Å²) < 4.78 is 5.51. The normalized spacial score (nSPS) is 23.2. The summed E-state index contributed by atoms with van der Waals surface area (Å²) in [5.41, 5.74) is -0.178. The molecule has 0 aliphatic carbocycles. The molecule has 1 heterocycles. The molecule has 1 fully saturated rings. The lowest BCUT2D eigenvalue weighted by Crippen LogP contribution is -2.63. The van der Waals surface area contributed by atoms with Crippen molar-refractivity contribution in [2.45, 2.75) is 46.3 Å². The van der Waals surface area contributed by atoms with Gasteiger partial charge in [0.15, 0.2) is 6.23 Å². The molecule has 1 atom stereocenters. The van der Waals surface area contributed by atoms with E-state index in [0.717, 1.165) is 12.8 Å². The number of hydrogen-bond donors (Lipinski definition) is 0. The first-order valence-corrected chi connectivity index (χ1v) is 6.59. The first-order chi connectivity index (χ1) is 8.41. The molecule has 0 aromatic rings. The van der Waals surface area contributed by atoms with Crippen molar-refractivity contribution in [2.24, 2.45) is 5.41 Å². The number of amides is 2. The summed E-state index contributed by atoms with van der Waals surface area (Å²) in [4.78, 5) is 26.8. The summed E-state index contributed by atoms with van der Waals surface area (Å²) in [5.74, 6) is -0.254. The number of carbonyl (C=O) groups excluding carboxylic acids is 2. The lowest BCUT2D eigenvalue weighted by molar-refractivity contribution is -0.177. The molecule has 0 saturated carbocycles. The topological polar surface area (TPSA) is 49.9 Å². The first kappa shape index (κ1) is 14.8. The van der Waals surface area contributed by atoms with Crippen molar-refractivity contribution in [1.82, 2.24) is 9.80 Å². The van der Waals surface area contributed by atoms with Crippen molar-refractivity contribution < 1.29 is 14.3 Å². The van der Waals surface area contributed by atoms with Crippen LogP contribution in [0.1, 0.15) is 40.0 Å². The van der Waals surface area contributed by atoms with Gasteiger partial charge in [-0.1, -0.05) is 20.8 Å². The largest absolute Gasteiger partial charge is 0.441 e. The van der Waals surface area contributed by atoms with Gasteiger partial charge in [-0.2, -0.15) is 0 Å². The zero-order valence-corrected chi connectivity index (χ0v) is 12.0. The Labute approximate surface area is 109 Å². The molecule has 0 radical (unpaired) electrons. The third-order valence-electron chi connectivity index (χ3n) is 4.00. The number of rotatable bonds is 4. The Balaban J connectivity index is 3.03. The lowest BCUT2D eigenvalue weighted by Gasteiger charge is -2.50. The van der Waals surface area contributed by atoms with Crippen molar-refractivity contribution >= 4 is 12.0 Å². The highest BCUT2D eigenvalue weighted by molar-refractivity contribution is 5.76. The van der Waals surface area contributed by atoms with Gasteiger partial charge >= 0.3 is 12.0 Å². The molecule has 0 aromatic carbocycles. The molecular weight excluding hydrogens is 232 g/mol. The van der Waals surface area contributed by atoms with Gasteiger partial charge in [0.05, 0.1) is 0 Å². The van der Waals surface area contributed by atoms with E-state index < -0.39 is 6.23 Å². The quantitative estimate of drug-likeness (QED) is 0.723. The molecule has 2 amide bonds. The minimum atomic E-state index is -0.455. The summed E-state index contributed by atoms with van der Waals surface area (Å²) in [5, 5.41) is 0. The molecule has 1 rings (SSSR count). The van der Waals surface area contributed by atoms with Crippen LogP contribution in [0.15, 0.2) is 0 Å². The van der Waals surface area contributed by atoms with Crippen molar-refractivity contribution in [3.8, 4) is 0 Å². The number of ether oxygens (including phenoxy) is 1. The smallest absolute Gasteiger partial charge is 0.322 e. The molecule has 0 bridgehead atoms. The Morgan fingerprint density at radius 1 is 1.33 bits per heavy atom. The third kappa shape index (κ3) is 2.44. The van der Waals surface area contributed by atoms with E-state index in [2.05, 4.69) is 13.8 Å². The molecule has 1 aliphatic heterocycles. The van der Waals surface area contributed by atoms with E-state index in [1.54, 1.807) is 30.8 Å². The first-order valence-electron chi connectivity index (χ1n) is 6.59. The molecule has 5 heteroatoms. The summed E-state index contributed by atoms with van der Waals surface area (Å²) in [6.07, 6.45) is 1.61. The van der Waals surface area contributed by atoms with Crippen LogP contribution in [0, 0.1) is 5.41 Å². The third-order valence-corrected chi connectivity index (χ3v) is 4.00. The maximum atomic E-state index is 12.0. The maximum Gasteiger partial charge on any atom is 0.322 e. The molecule has 18 heavy (non-hydrogen) atoms. The van der Waals surface area contributed by atoms with E-state index in [1.807, 2.05) is 0 Å². The number of hydrogen-bond acceptors (Lipinski definition) is 3. The molecule has 0 spiro atoms. The van der Waals surface area contributed by atoms with Crippen LogP contribution >= 0.6 is 0 Å². The highest BCUT2D eigenvalue weighted by atomic mass is 16.6. The second kappa shape index (κ2) is 5.59. The Morgan fingerprint density at radius 2 is 1.89 bits per heavy atom. The fraction of sp³-hybridized carbons (Fsp3) is 0.846. The molecule has 0 aromatic heterocycles. The minimum absolute atomic E-state index is 0.0959. The summed E-state index contributed by atoms with van der Waals surface area (Å²) in [6, 6.07) is -0.0959. The second-order valence-corrected chi connectivity index (χ2v) is 5.01. The number of urea groups is 1. The van der Waals surface area contributed by atoms with Gasteiger partial charge in [0.2, 0.25) is 0 Å². The number of esters is 1. The van der Waals surface area contributed by atoms with Gasteiger partial charge in [-0.3, -0.25) is 9.69 Å². The highest BCUT2D eigenvalue weighted by Crippen LogP contribution is 2.38. The molecule has 1 saturated heterocycles. The summed E-state index contributed by atoms with van der Waals surface area (Å²) in [6.45, 7) is 6.55. The van der Waals surface area contributed by atoms with Gasteiger partial charge in [0, 0.05) is 32.5 Å². The van der Waals surface area contributed by atoms with Crippen molar-refractivity contribution in [3.63, 3.8) is 0 Å². The molecule has 0 N–H and O–H groups in total. The van der Waals surface area contributed by atoms with Gasteiger partial charge in [-0.15, -0.1) is 0 Å². The van der Waals surface area contributed by atoms with E-state index in [-0.39, 0.29) is 17.4 Å². The Hall–Kier alpha value is -1.26. The van der Waals surface area contributed by atoms with Crippen LogP contribution in [0.2, 0.25) is 0 Å². The summed E-state index contributed by atoms with van der Waals surface area (Å²) >= 11 is 0. The van der Waals surface area contributed by atoms with E-state index in [4.69, 9.17) is 4.74 Å². The van der Waals surface area contributed by atoms with Gasteiger partial charge in [0.25, 0.3) is 0 Å². The van der Waals surface area contributed by atoms with Gasteiger partial charge in [0.1, 0.15) is 0 Å². The van der Waals surface area contributed by atoms with Crippen molar-refractivity contribution in [3.05, 3.63) is 0 Å². The maximum absolute atomic E-state index is 12.0. The van der Waals surface area contributed by atoms with Crippen LogP contribution in [-0.4, -0.2) is 48.7 Å². The fourth-order valence-electron chi connectivity index (χ4n) is 2.63. The van der Waals surface area contributed by atoms with E-state index >= 15 is 0 Å². The molecular formula is C13H24N2O3. The standard InChI is InChI=1S/C13H24N2O3/c1-6-10(16)18-11-13(7-2,8-3)9-14(4)12(17)15(11)5/h11H,6-9H2,1-5H3. The van der Waals surface area contributed by atoms with Gasteiger partial charge in [-0.05, 0) is 12.8 Å². The van der Waals surface area contributed by atoms with Gasteiger partial charge < -0.3 is 9.64 Å². The predicted molar refractivity (Wildman–Crippen MR) is 69.0 cm³/mol. The molecule has 5 nitrogen and oxygen atoms in total. The average molecular weight is 256 g/mol. The van der Waals surface area contributed by atoms with Crippen LogP contribution in [0.25, 0.3) is 0 Å². The molecule has 1 aliphatic rings. The van der Waals surface area contributed by atoms with Gasteiger partial charge in [-0.25, -0.2) is 4.79 Å². The van der Waals surface area contributed by atoms with Crippen molar-refractivity contribution in [1.29, 1.82) is 0 Å². The molecule has 1 unspecified atom stereocenters. The Morgan fingerprint density at radius 3 is 2.33 bits per heavy atom. The van der Waals surface area contributed by atoms with E-state index in [9.17, 15) is 9.59 Å². The highest BCUT2D eigenvalue weighted by Gasteiger charge is 2.48. The van der Waals surface area contributed by atoms with Crippen molar-refractivity contribution in [2.75, 3.05) is 20.6 Å². The van der Waals surface area contributed by atoms with E-state index in [1.165, 1.54) is 0 Å². The zero-order chi connectivity index (χ0) is 13.9. The number of carbonyl (C=O) groups is 2. The van der Waals surface area contributed by atoms with Crippen LogP contribution < -0.4 is 0 Å². The molecule has 104 valence electrons. The van der Waals surface area contributed by atoms with Crippen LogP contribution in [0.4, 0.5) is 4.79 Å². The Kier molecular flexibility index (Phi) is 4.59. The zero-order valence-electron chi connectivity index (χ0n) is 12.0. The Bertz CT molecular complexity index is 326. The SMILES string of the molecule is CCC(=O)OC1N(C)C(=O)N(C)CC1(CC)CC. The monoisotopic (exact) mass is 256 g/mol. The van der Waals surface area contributed by atoms with Crippen LogP contribution in [0.3, 0.4) is 0 Å². The fourth-order valence-corrected chi connectivity index (χ4v) is 2.63.